The first-order valence-electron chi connectivity index (χ1n) is 6.52. The number of aromatic nitrogens is 1. The van der Waals surface area contributed by atoms with E-state index in [0.717, 1.165) is 6.20 Å². The summed E-state index contributed by atoms with van der Waals surface area (Å²) in [6, 6.07) is 1.26. The highest BCUT2D eigenvalue weighted by Gasteiger charge is 2.34. The van der Waals surface area contributed by atoms with Crippen molar-refractivity contribution in [3.63, 3.8) is 0 Å². The molecule has 0 aliphatic carbocycles. The van der Waals surface area contributed by atoms with Crippen molar-refractivity contribution in [3.05, 3.63) is 29.8 Å². The number of alkyl halides is 3. The second kappa shape index (κ2) is 6.38. The van der Waals surface area contributed by atoms with E-state index in [9.17, 15) is 22.4 Å². The van der Waals surface area contributed by atoms with Gasteiger partial charge in [0.05, 0.1) is 18.3 Å². The molecule has 0 spiro atoms. The minimum absolute atomic E-state index is 0.0544. The van der Waals surface area contributed by atoms with Crippen LogP contribution in [0.2, 0.25) is 0 Å². The average molecular weight is 305 g/mol. The standard InChI is InChI=1S/C13H15F4N3O/c14-11-6-18-3-1-10(11)12(21)19-5-9-2-4-20(7-9)8-13(15,16)17/h1,3,6,9H,2,4-5,7-8H2,(H,19,21). The maximum Gasteiger partial charge on any atom is 0.401 e. The van der Waals surface area contributed by atoms with Gasteiger partial charge in [-0.2, -0.15) is 13.2 Å². The number of pyridine rings is 1. The zero-order chi connectivity index (χ0) is 15.5. The number of rotatable bonds is 4. The van der Waals surface area contributed by atoms with Crippen LogP contribution in [0.1, 0.15) is 16.8 Å². The van der Waals surface area contributed by atoms with Crippen molar-refractivity contribution in [1.82, 2.24) is 15.2 Å². The van der Waals surface area contributed by atoms with E-state index in [-0.39, 0.29) is 24.6 Å². The maximum absolute atomic E-state index is 13.3. The SMILES string of the molecule is O=C(NCC1CCN(CC(F)(F)F)C1)c1ccncc1F. The molecule has 116 valence electrons. The summed E-state index contributed by atoms with van der Waals surface area (Å²) in [4.78, 5) is 16.6. The van der Waals surface area contributed by atoms with E-state index in [0.29, 0.717) is 13.0 Å². The van der Waals surface area contributed by atoms with Crippen LogP contribution in [0.4, 0.5) is 17.6 Å². The molecule has 21 heavy (non-hydrogen) atoms. The molecule has 1 aromatic heterocycles. The van der Waals surface area contributed by atoms with E-state index >= 15 is 0 Å². The summed E-state index contributed by atoms with van der Waals surface area (Å²) in [5, 5.41) is 2.55. The number of halogens is 4. The number of nitrogens with zero attached hydrogens (tertiary/aromatic N) is 2. The van der Waals surface area contributed by atoms with Gasteiger partial charge in [0.25, 0.3) is 5.91 Å². The van der Waals surface area contributed by atoms with Crippen LogP contribution in [-0.2, 0) is 0 Å². The quantitative estimate of drug-likeness (QED) is 0.863. The number of carbonyl (C=O) groups is 1. The Labute approximate surface area is 119 Å². The molecule has 0 aromatic carbocycles. The molecule has 1 N–H and O–H groups in total. The van der Waals surface area contributed by atoms with Gasteiger partial charge in [0, 0.05) is 19.3 Å². The fourth-order valence-electron chi connectivity index (χ4n) is 2.37. The van der Waals surface area contributed by atoms with Crippen LogP contribution in [0.3, 0.4) is 0 Å². The lowest BCUT2D eigenvalue weighted by Crippen LogP contribution is -2.34. The van der Waals surface area contributed by atoms with Crippen molar-refractivity contribution >= 4 is 5.91 Å². The zero-order valence-corrected chi connectivity index (χ0v) is 11.2. The Hall–Kier alpha value is -1.70. The van der Waals surface area contributed by atoms with Crippen molar-refractivity contribution in [2.45, 2.75) is 12.6 Å². The smallest absolute Gasteiger partial charge is 0.352 e. The molecule has 0 saturated carbocycles. The van der Waals surface area contributed by atoms with Gasteiger partial charge >= 0.3 is 6.18 Å². The van der Waals surface area contributed by atoms with Crippen LogP contribution in [0.5, 0.6) is 0 Å². The molecule has 1 aliphatic rings. The normalized spacial score (nSPS) is 19.7. The second-order valence-corrected chi connectivity index (χ2v) is 5.07. The first-order valence-corrected chi connectivity index (χ1v) is 6.52. The van der Waals surface area contributed by atoms with E-state index in [1.165, 1.54) is 17.2 Å². The molecule has 2 rings (SSSR count). The van der Waals surface area contributed by atoms with Crippen molar-refractivity contribution in [1.29, 1.82) is 0 Å². The predicted molar refractivity (Wildman–Crippen MR) is 67.1 cm³/mol. The molecule has 4 nitrogen and oxygen atoms in total. The highest BCUT2D eigenvalue weighted by molar-refractivity contribution is 5.94. The third kappa shape index (κ3) is 4.66. The minimum atomic E-state index is -4.21. The summed E-state index contributed by atoms with van der Waals surface area (Å²) in [5.74, 6) is -1.36. The minimum Gasteiger partial charge on any atom is -0.352 e. The lowest BCUT2D eigenvalue weighted by atomic mass is 10.1. The summed E-state index contributed by atoms with van der Waals surface area (Å²) >= 11 is 0. The lowest BCUT2D eigenvalue weighted by Gasteiger charge is -2.18. The summed E-state index contributed by atoms with van der Waals surface area (Å²) in [7, 11) is 0. The fraction of sp³-hybridized carbons (Fsp3) is 0.538. The van der Waals surface area contributed by atoms with Crippen molar-refractivity contribution in [2.75, 3.05) is 26.2 Å². The van der Waals surface area contributed by atoms with Crippen LogP contribution in [0.25, 0.3) is 0 Å². The number of carbonyl (C=O) groups excluding carboxylic acids is 1. The molecule has 1 aliphatic heterocycles. The van der Waals surface area contributed by atoms with Crippen molar-refractivity contribution in [3.8, 4) is 0 Å². The van der Waals surface area contributed by atoms with Gasteiger partial charge < -0.3 is 5.32 Å². The zero-order valence-electron chi connectivity index (χ0n) is 11.2. The molecule has 8 heteroatoms. The monoisotopic (exact) mass is 305 g/mol. The fourth-order valence-corrected chi connectivity index (χ4v) is 2.37. The van der Waals surface area contributed by atoms with Gasteiger partial charge in [0.15, 0.2) is 5.82 Å². The third-order valence-corrected chi connectivity index (χ3v) is 3.34. The molecule has 2 heterocycles. The Bertz CT molecular complexity index is 506. The molecule has 1 unspecified atom stereocenters. The van der Waals surface area contributed by atoms with Crippen LogP contribution in [0.15, 0.2) is 18.5 Å². The largest absolute Gasteiger partial charge is 0.401 e. The van der Waals surface area contributed by atoms with Crippen molar-refractivity contribution < 1.29 is 22.4 Å². The van der Waals surface area contributed by atoms with Crippen LogP contribution < -0.4 is 5.32 Å². The molecule has 1 fully saturated rings. The van der Waals surface area contributed by atoms with E-state index in [1.807, 2.05) is 0 Å². The molecule has 1 aromatic rings. The summed E-state index contributed by atoms with van der Waals surface area (Å²) in [6.45, 7) is -0.0757. The number of nitrogens with one attached hydrogen (secondary N) is 1. The van der Waals surface area contributed by atoms with Crippen LogP contribution in [-0.4, -0.2) is 48.1 Å². The molecular weight excluding hydrogens is 290 g/mol. The van der Waals surface area contributed by atoms with Gasteiger partial charge in [-0.25, -0.2) is 4.39 Å². The Morgan fingerprint density at radius 1 is 1.48 bits per heavy atom. The summed E-state index contributed by atoms with van der Waals surface area (Å²) < 4.78 is 50.1. The number of hydrogen-bond donors (Lipinski definition) is 1. The van der Waals surface area contributed by atoms with Gasteiger partial charge in [0.2, 0.25) is 0 Å². The summed E-state index contributed by atoms with van der Waals surface area (Å²) in [6.07, 6.45) is -1.39. The van der Waals surface area contributed by atoms with Crippen LogP contribution in [0, 0.1) is 11.7 Å². The van der Waals surface area contributed by atoms with Gasteiger partial charge in [-0.15, -0.1) is 0 Å². The highest BCUT2D eigenvalue weighted by atomic mass is 19.4. The van der Waals surface area contributed by atoms with Crippen molar-refractivity contribution in [2.24, 2.45) is 5.92 Å². The number of likely N-dealkylation sites (tertiary alicyclic amines) is 1. The Morgan fingerprint density at radius 2 is 2.24 bits per heavy atom. The van der Waals surface area contributed by atoms with Gasteiger partial charge in [0.1, 0.15) is 0 Å². The van der Waals surface area contributed by atoms with Gasteiger partial charge in [-0.05, 0) is 24.9 Å². The first kappa shape index (κ1) is 15.7. The maximum atomic E-state index is 13.3. The molecule has 1 saturated heterocycles. The van der Waals surface area contributed by atoms with Gasteiger partial charge in [-0.1, -0.05) is 0 Å². The van der Waals surface area contributed by atoms with E-state index < -0.39 is 24.4 Å². The van der Waals surface area contributed by atoms with Crippen LogP contribution >= 0.6 is 0 Å². The summed E-state index contributed by atoms with van der Waals surface area (Å²) in [5.41, 5.74) is -0.116. The lowest BCUT2D eigenvalue weighted by molar-refractivity contribution is -0.143. The Kier molecular flexibility index (Phi) is 4.76. The second-order valence-electron chi connectivity index (χ2n) is 5.07. The Balaban J connectivity index is 1.80. The predicted octanol–water partition coefficient (Wildman–Crippen LogP) is 1.83. The first-order chi connectivity index (χ1) is 9.85. The number of hydrogen-bond acceptors (Lipinski definition) is 3. The molecular formula is C13H15F4N3O. The van der Waals surface area contributed by atoms with Gasteiger partial charge in [-0.3, -0.25) is 14.7 Å². The molecule has 1 atom stereocenters. The molecule has 1 amide bonds. The van der Waals surface area contributed by atoms with E-state index in [4.69, 9.17) is 0 Å². The average Bonchev–Trinajstić information content (AvgIpc) is 2.82. The number of amides is 1. The third-order valence-electron chi connectivity index (χ3n) is 3.34. The molecule has 0 radical (unpaired) electrons. The van der Waals surface area contributed by atoms with E-state index in [1.54, 1.807) is 0 Å². The highest BCUT2D eigenvalue weighted by Crippen LogP contribution is 2.22. The molecule has 0 bridgehead atoms. The Morgan fingerprint density at radius 3 is 2.90 bits per heavy atom. The topological polar surface area (TPSA) is 45.2 Å². The van der Waals surface area contributed by atoms with E-state index in [2.05, 4.69) is 10.3 Å².